The van der Waals surface area contributed by atoms with E-state index in [1.165, 1.54) is 12.1 Å². The van der Waals surface area contributed by atoms with Gasteiger partial charge in [0.1, 0.15) is 5.57 Å². The highest BCUT2D eigenvalue weighted by Gasteiger charge is 2.37. The number of halogens is 1. The fourth-order valence-electron chi connectivity index (χ4n) is 3.32. The maximum atomic E-state index is 13.1. The minimum atomic E-state index is -0.862. The first-order chi connectivity index (χ1) is 15.4. The number of urea groups is 1. The van der Waals surface area contributed by atoms with Crippen LogP contribution in [0, 0.1) is 0 Å². The van der Waals surface area contributed by atoms with Crippen LogP contribution in [0.1, 0.15) is 25.0 Å². The molecule has 1 saturated heterocycles. The van der Waals surface area contributed by atoms with Gasteiger partial charge in [0, 0.05) is 5.56 Å². The Morgan fingerprint density at radius 2 is 1.81 bits per heavy atom. The number of nitrogens with one attached hydrogen (secondary N) is 1. The summed E-state index contributed by atoms with van der Waals surface area (Å²) in [6.45, 7) is 8.34. The fourth-order valence-corrected chi connectivity index (χ4v) is 3.54. The number of anilines is 1. The summed E-state index contributed by atoms with van der Waals surface area (Å²) in [5, 5.41) is 2.40. The number of barbiturate groups is 1. The Balaban J connectivity index is 2.10. The molecule has 0 radical (unpaired) electrons. The summed E-state index contributed by atoms with van der Waals surface area (Å²) in [6, 6.07) is 9.02. The van der Waals surface area contributed by atoms with Crippen molar-refractivity contribution in [2.45, 2.75) is 20.3 Å². The van der Waals surface area contributed by atoms with Crippen LogP contribution in [-0.4, -0.2) is 31.1 Å². The summed E-state index contributed by atoms with van der Waals surface area (Å²) in [6.07, 6.45) is 3.64. The first kappa shape index (κ1) is 23.1. The topological polar surface area (TPSA) is 84.9 Å². The van der Waals surface area contributed by atoms with Crippen molar-refractivity contribution in [1.82, 2.24) is 5.32 Å². The van der Waals surface area contributed by atoms with E-state index in [1.807, 2.05) is 13.8 Å². The van der Waals surface area contributed by atoms with Crippen LogP contribution in [0.15, 0.2) is 54.6 Å². The van der Waals surface area contributed by atoms with Crippen molar-refractivity contribution in [2.24, 2.45) is 0 Å². The molecule has 32 heavy (non-hydrogen) atoms. The van der Waals surface area contributed by atoms with Gasteiger partial charge in [-0.3, -0.25) is 14.9 Å². The van der Waals surface area contributed by atoms with Crippen LogP contribution in [0.3, 0.4) is 0 Å². The Labute approximate surface area is 191 Å². The number of hydrogen-bond donors (Lipinski definition) is 1. The number of hydrogen-bond acceptors (Lipinski definition) is 5. The molecule has 0 aliphatic carbocycles. The molecular formula is C24H23ClN2O5. The molecule has 2 aromatic rings. The van der Waals surface area contributed by atoms with Gasteiger partial charge in [0.15, 0.2) is 11.5 Å². The van der Waals surface area contributed by atoms with Crippen molar-refractivity contribution in [1.29, 1.82) is 0 Å². The number of allylic oxidation sites excluding steroid dienone is 1. The molecule has 1 aliphatic heterocycles. The Morgan fingerprint density at radius 1 is 1.09 bits per heavy atom. The van der Waals surface area contributed by atoms with Crippen LogP contribution >= 0.6 is 11.6 Å². The molecule has 4 amide bonds. The lowest BCUT2D eigenvalue weighted by Gasteiger charge is -2.27. The molecule has 0 bridgehead atoms. The van der Waals surface area contributed by atoms with Gasteiger partial charge in [-0.05, 0) is 56.2 Å². The Bertz CT molecular complexity index is 1110. The Morgan fingerprint density at radius 3 is 2.47 bits per heavy atom. The van der Waals surface area contributed by atoms with E-state index in [2.05, 4.69) is 11.9 Å². The summed E-state index contributed by atoms with van der Waals surface area (Å²) in [5.41, 5.74) is 1.31. The van der Waals surface area contributed by atoms with Crippen LogP contribution in [-0.2, 0) is 16.0 Å². The lowest BCUT2D eigenvalue weighted by Crippen LogP contribution is -2.54. The summed E-state index contributed by atoms with van der Waals surface area (Å²) < 4.78 is 11.5. The standard InChI is InChI=1S/C24H23ClN2O5/c1-4-9-16-12-15(14-20(31-5-2)21(16)32-6-3)13-17-22(28)26-24(30)27(23(17)29)19-11-8-7-10-18(19)25/h4,7-8,10-14H,1,5-6,9H2,2-3H3,(H,26,28,30)/b17-13+. The molecule has 0 atom stereocenters. The van der Waals surface area contributed by atoms with Gasteiger partial charge in [0.2, 0.25) is 0 Å². The molecule has 166 valence electrons. The van der Waals surface area contributed by atoms with Crippen LogP contribution in [0.5, 0.6) is 11.5 Å². The molecule has 1 heterocycles. The number of carbonyl (C=O) groups excluding carboxylic acids is 3. The highest BCUT2D eigenvalue weighted by Crippen LogP contribution is 2.35. The second kappa shape index (κ2) is 10.2. The smallest absolute Gasteiger partial charge is 0.335 e. The zero-order valence-electron chi connectivity index (χ0n) is 17.8. The van der Waals surface area contributed by atoms with E-state index in [0.717, 1.165) is 10.5 Å². The number of nitrogens with zero attached hydrogens (tertiary/aromatic N) is 1. The fraction of sp³-hybridized carbons (Fsp3) is 0.208. The predicted octanol–water partition coefficient (Wildman–Crippen LogP) is 4.53. The van der Waals surface area contributed by atoms with Crippen molar-refractivity contribution in [3.05, 3.63) is 70.8 Å². The summed E-state index contributed by atoms with van der Waals surface area (Å²) in [4.78, 5) is 38.9. The number of carbonyl (C=O) groups is 3. The summed E-state index contributed by atoms with van der Waals surface area (Å²) >= 11 is 6.17. The molecule has 1 fully saturated rings. The maximum Gasteiger partial charge on any atom is 0.335 e. The molecule has 0 unspecified atom stereocenters. The molecular weight excluding hydrogens is 432 g/mol. The first-order valence-corrected chi connectivity index (χ1v) is 10.5. The molecule has 0 aromatic heterocycles. The average Bonchev–Trinajstić information content (AvgIpc) is 2.75. The number of benzene rings is 2. The Kier molecular flexibility index (Phi) is 7.33. The van der Waals surface area contributed by atoms with E-state index in [4.69, 9.17) is 21.1 Å². The normalized spacial score (nSPS) is 15.0. The van der Waals surface area contributed by atoms with Crippen molar-refractivity contribution < 1.29 is 23.9 Å². The van der Waals surface area contributed by atoms with E-state index in [-0.39, 0.29) is 16.3 Å². The second-order valence-electron chi connectivity index (χ2n) is 6.78. The van der Waals surface area contributed by atoms with Crippen molar-refractivity contribution in [2.75, 3.05) is 18.1 Å². The number of amides is 4. The van der Waals surface area contributed by atoms with Crippen molar-refractivity contribution in [3.63, 3.8) is 0 Å². The van der Waals surface area contributed by atoms with Gasteiger partial charge in [0.05, 0.1) is 23.9 Å². The third-order valence-corrected chi connectivity index (χ3v) is 4.93. The SMILES string of the molecule is C=CCc1cc(/C=C2\C(=O)NC(=O)N(c3ccccc3Cl)C2=O)cc(OCC)c1OCC. The van der Waals surface area contributed by atoms with Gasteiger partial charge < -0.3 is 9.47 Å². The molecule has 8 heteroatoms. The number of imide groups is 2. The quantitative estimate of drug-likeness (QED) is 0.360. The average molecular weight is 455 g/mol. The second-order valence-corrected chi connectivity index (χ2v) is 7.18. The van der Waals surface area contributed by atoms with E-state index in [0.29, 0.717) is 36.7 Å². The van der Waals surface area contributed by atoms with Crippen LogP contribution in [0.4, 0.5) is 10.5 Å². The highest BCUT2D eigenvalue weighted by atomic mass is 35.5. The van der Waals surface area contributed by atoms with E-state index in [1.54, 1.807) is 36.4 Å². The molecule has 1 aliphatic rings. The van der Waals surface area contributed by atoms with E-state index >= 15 is 0 Å². The molecule has 2 aromatic carbocycles. The molecule has 1 N–H and O–H groups in total. The van der Waals surface area contributed by atoms with Crippen LogP contribution < -0.4 is 19.7 Å². The molecule has 0 saturated carbocycles. The molecule has 3 rings (SSSR count). The maximum absolute atomic E-state index is 13.1. The van der Waals surface area contributed by atoms with Gasteiger partial charge in [-0.15, -0.1) is 6.58 Å². The van der Waals surface area contributed by atoms with E-state index in [9.17, 15) is 14.4 Å². The lowest BCUT2D eigenvalue weighted by atomic mass is 10.0. The van der Waals surface area contributed by atoms with Gasteiger partial charge in [-0.2, -0.15) is 0 Å². The van der Waals surface area contributed by atoms with Gasteiger partial charge in [-0.25, -0.2) is 9.69 Å². The first-order valence-electron chi connectivity index (χ1n) is 10.1. The van der Waals surface area contributed by atoms with Crippen LogP contribution in [0.25, 0.3) is 6.08 Å². The van der Waals surface area contributed by atoms with Gasteiger partial charge in [-0.1, -0.05) is 29.8 Å². The third kappa shape index (κ3) is 4.68. The lowest BCUT2D eigenvalue weighted by molar-refractivity contribution is -0.122. The minimum Gasteiger partial charge on any atom is -0.490 e. The zero-order chi connectivity index (χ0) is 23.3. The van der Waals surface area contributed by atoms with Crippen molar-refractivity contribution >= 4 is 41.2 Å². The van der Waals surface area contributed by atoms with Gasteiger partial charge >= 0.3 is 6.03 Å². The number of ether oxygens (including phenoxy) is 2. The monoisotopic (exact) mass is 454 g/mol. The van der Waals surface area contributed by atoms with E-state index < -0.39 is 17.8 Å². The minimum absolute atomic E-state index is 0.184. The third-order valence-electron chi connectivity index (χ3n) is 4.61. The largest absolute Gasteiger partial charge is 0.490 e. The Hall–Kier alpha value is -3.58. The highest BCUT2D eigenvalue weighted by molar-refractivity contribution is 6.42. The summed E-state index contributed by atoms with van der Waals surface area (Å²) in [5.74, 6) is -0.490. The predicted molar refractivity (Wildman–Crippen MR) is 123 cm³/mol. The number of rotatable bonds is 8. The molecule has 0 spiro atoms. The van der Waals surface area contributed by atoms with Gasteiger partial charge in [0.25, 0.3) is 11.8 Å². The van der Waals surface area contributed by atoms with Crippen LogP contribution in [0.2, 0.25) is 5.02 Å². The number of para-hydroxylation sites is 1. The zero-order valence-corrected chi connectivity index (χ0v) is 18.6. The molecule has 7 nitrogen and oxygen atoms in total. The van der Waals surface area contributed by atoms with Crippen molar-refractivity contribution in [3.8, 4) is 11.5 Å². The summed E-state index contributed by atoms with van der Waals surface area (Å²) in [7, 11) is 0.